The number of aliphatic carboxylic acids is 1. The van der Waals surface area contributed by atoms with E-state index in [1.165, 1.54) is 0 Å². The van der Waals surface area contributed by atoms with Crippen molar-refractivity contribution in [2.24, 2.45) is 5.92 Å². The lowest BCUT2D eigenvalue weighted by molar-refractivity contribution is -0.145. The van der Waals surface area contributed by atoms with Crippen LogP contribution in [0.25, 0.3) is 0 Å². The summed E-state index contributed by atoms with van der Waals surface area (Å²) in [6.45, 7) is 5.09. The van der Waals surface area contributed by atoms with Crippen LogP contribution >= 0.6 is 0 Å². The quantitative estimate of drug-likeness (QED) is 0.779. The van der Waals surface area contributed by atoms with Gasteiger partial charge in [0.2, 0.25) is 0 Å². The molecule has 1 N–H and O–H groups in total. The summed E-state index contributed by atoms with van der Waals surface area (Å²) < 4.78 is 18.8. The van der Waals surface area contributed by atoms with Crippen LogP contribution in [0.1, 0.15) is 33.6 Å². The number of carbonyl (C=O) groups excluding carboxylic acids is 1. The van der Waals surface area contributed by atoms with Crippen LogP contribution < -0.4 is 0 Å². The predicted octanol–water partition coefficient (Wildman–Crippen LogP) is 1.81. The summed E-state index contributed by atoms with van der Waals surface area (Å²) in [5.41, 5.74) is -0.715. The first kappa shape index (κ1) is 13.1. The molecule has 1 amide bonds. The highest BCUT2D eigenvalue weighted by Crippen LogP contribution is 2.44. The van der Waals surface area contributed by atoms with Gasteiger partial charge in [0.1, 0.15) is 17.8 Å². The SMILES string of the molecule is CC(C)(C)OC(=O)N1C2CC(CC2F)C1C(=O)O. The van der Waals surface area contributed by atoms with Crippen LogP contribution in [0.4, 0.5) is 9.18 Å². The molecular formula is C12H18FNO4. The Kier molecular flexibility index (Phi) is 2.99. The van der Waals surface area contributed by atoms with Crippen LogP contribution in [-0.2, 0) is 9.53 Å². The normalized spacial score (nSPS) is 34.8. The topological polar surface area (TPSA) is 66.8 Å². The minimum absolute atomic E-state index is 0.223. The molecule has 0 aromatic rings. The second-order valence-electron chi connectivity index (χ2n) is 5.99. The fourth-order valence-corrected chi connectivity index (χ4v) is 2.86. The number of carbonyl (C=O) groups is 2. The van der Waals surface area contributed by atoms with Crippen molar-refractivity contribution < 1.29 is 23.8 Å². The molecular weight excluding hydrogens is 241 g/mol. The number of amides is 1. The number of hydrogen-bond donors (Lipinski definition) is 1. The molecule has 0 aromatic carbocycles. The molecule has 102 valence electrons. The van der Waals surface area contributed by atoms with Crippen LogP contribution in [0.2, 0.25) is 0 Å². The van der Waals surface area contributed by atoms with E-state index >= 15 is 0 Å². The fourth-order valence-electron chi connectivity index (χ4n) is 2.86. The van der Waals surface area contributed by atoms with E-state index in [-0.39, 0.29) is 12.3 Å². The first-order valence-electron chi connectivity index (χ1n) is 6.09. The number of halogens is 1. The van der Waals surface area contributed by atoms with Crippen LogP contribution in [0.5, 0.6) is 0 Å². The summed E-state index contributed by atoms with van der Waals surface area (Å²) in [6, 6.07) is -1.59. The number of ether oxygens (including phenoxy) is 1. The van der Waals surface area contributed by atoms with Crippen molar-refractivity contribution >= 4 is 12.1 Å². The van der Waals surface area contributed by atoms with Gasteiger partial charge < -0.3 is 9.84 Å². The monoisotopic (exact) mass is 259 g/mol. The smallest absolute Gasteiger partial charge is 0.411 e. The van der Waals surface area contributed by atoms with Gasteiger partial charge in [0, 0.05) is 0 Å². The molecule has 6 heteroatoms. The molecule has 0 aromatic heterocycles. The molecule has 4 unspecified atom stereocenters. The maximum atomic E-state index is 13.7. The highest BCUT2D eigenvalue weighted by molar-refractivity contribution is 5.82. The maximum Gasteiger partial charge on any atom is 0.411 e. The number of hydrogen-bond acceptors (Lipinski definition) is 3. The van der Waals surface area contributed by atoms with E-state index in [4.69, 9.17) is 9.84 Å². The lowest BCUT2D eigenvalue weighted by Gasteiger charge is -2.35. The molecule has 2 rings (SSSR count). The van der Waals surface area contributed by atoms with Gasteiger partial charge in [0.05, 0.1) is 6.04 Å². The molecule has 5 nitrogen and oxygen atoms in total. The summed E-state index contributed by atoms with van der Waals surface area (Å²) in [4.78, 5) is 24.3. The Morgan fingerprint density at radius 1 is 1.33 bits per heavy atom. The highest BCUT2D eigenvalue weighted by Gasteiger charge is 2.57. The number of fused-ring (bicyclic) bond motifs is 2. The van der Waals surface area contributed by atoms with Gasteiger partial charge in [0.15, 0.2) is 0 Å². The van der Waals surface area contributed by atoms with Crippen LogP contribution in [-0.4, -0.2) is 45.9 Å². The molecule has 18 heavy (non-hydrogen) atoms. The lowest BCUT2D eigenvalue weighted by atomic mass is 9.98. The molecule has 2 fully saturated rings. The lowest BCUT2D eigenvalue weighted by Crippen LogP contribution is -2.53. The first-order valence-corrected chi connectivity index (χ1v) is 6.09. The molecule has 1 saturated heterocycles. The van der Waals surface area contributed by atoms with E-state index in [0.29, 0.717) is 6.42 Å². The summed E-state index contributed by atoms with van der Waals surface area (Å²) >= 11 is 0. The van der Waals surface area contributed by atoms with Gasteiger partial charge in [-0.25, -0.2) is 14.0 Å². The van der Waals surface area contributed by atoms with Crippen molar-refractivity contribution in [3.8, 4) is 0 Å². The van der Waals surface area contributed by atoms with E-state index in [9.17, 15) is 14.0 Å². The zero-order valence-electron chi connectivity index (χ0n) is 10.7. The van der Waals surface area contributed by atoms with Gasteiger partial charge in [-0.1, -0.05) is 0 Å². The number of rotatable bonds is 1. The number of carboxylic acid groups (broad SMARTS) is 1. The largest absolute Gasteiger partial charge is 0.480 e. The average Bonchev–Trinajstić information content (AvgIpc) is 2.69. The number of nitrogens with zero attached hydrogens (tertiary/aromatic N) is 1. The molecule has 0 radical (unpaired) electrons. The second-order valence-corrected chi connectivity index (χ2v) is 5.99. The molecule has 1 aliphatic carbocycles. The van der Waals surface area contributed by atoms with Gasteiger partial charge in [-0.05, 0) is 39.5 Å². The minimum Gasteiger partial charge on any atom is -0.480 e. The maximum absolute atomic E-state index is 13.7. The molecule has 1 heterocycles. The zero-order chi connectivity index (χ0) is 13.7. The molecule has 1 saturated carbocycles. The van der Waals surface area contributed by atoms with Gasteiger partial charge >= 0.3 is 12.1 Å². The Bertz CT molecular complexity index is 379. The van der Waals surface area contributed by atoms with Crippen molar-refractivity contribution in [2.75, 3.05) is 0 Å². The van der Waals surface area contributed by atoms with Crippen molar-refractivity contribution in [1.82, 2.24) is 4.90 Å². The third-order valence-corrected chi connectivity index (χ3v) is 3.45. The highest BCUT2D eigenvalue weighted by atomic mass is 19.1. The van der Waals surface area contributed by atoms with Crippen LogP contribution in [0.3, 0.4) is 0 Å². The van der Waals surface area contributed by atoms with E-state index in [0.717, 1.165) is 4.90 Å². The van der Waals surface area contributed by atoms with Crippen molar-refractivity contribution in [3.63, 3.8) is 0 Å². The van der Waals surface area contributed by atoms with Crippen molar-refractivity contribution in [2.45, 2.75) is 57.5 Å². The van der Waals surface area contributed by atoms with Crippen LogP contribution in [0, 0.1) is 5.92 Å². The summed E-state index contributed by atoms with van der Waals surface area (Å²) in [5, 5.41) is 9.17. The van der Waals surface area contributed by atoms with E-state index in [1.54, 1.807) is 20.8 Å². The van der Waals surface area contributed by atoms with Gasteiger partial charge in [-0.15, -0.1) is 0 Å². The third kappa shape index (κ3) is 2.15. The number of likely N-dealkylation sites (tertiary alicyclic amines) is 1. The minimum atomic E-state index is -1.14. The molecule has 2 bridgehead atoms. The Morgan fingerprint density at radius 2 is 1.94 bits per heavy atom. The van der Waals surface area contributed by atoms with Crippen molar-refractivity contribution in [3.05, 3.63) is 0 Å². The van der Waals surface area contributed by atoms with E-state index in [2.05, 4.69) is 0 Å². The summed E-state index contributed by atoms with van der Waals surface area (Å²) in [6.07, 6.45) is -1.24. The Morgan fingerprint density at radius 3 is 2.44 bits per heavy atom. The second kappa shape index (κ2) is 4.10. The molecule has 0 spiro atoms. The van der Waals surface area contributed by atoms with Gasteiger partial charge in [-0.3, -0.25) is 4.90 Å². The van der Waals surface area contributed by atoms with E-state index < -0.39 is 35.9 Å². The van der Waals surface area contributed by atoms with Gasteiger partial charge in [0.25, 0.3) is 0 Å². The molecule has 2 aliphatic rings. The van der Waals surface area contributed by atoms with Gasteiger partial charge in [-0.2, -0.15) is 0 Å². The average molecular weight is 259 g/mol. The third-order valence-electron chi connectivity index (χ3n) is 3.45. The Balaban J connectivity index is 2.19. The number of alkyl halides is 1. The number of carboxylic acids is 1. The van der Waals surface area contributed by atoms with E-state index in [1.807, 2.05) is 0 Å². The predicted molar refractivity (Wildman–Crippen MR) is 60.9 cm³/mol. The van der Waals surface area contributed by atoms with Crippen molar-refractivity contribution in [1.29, 1.82) is 0 Å². The fraction of sp³-hybridized carbons (Fsp3) is 0.833. The summed E-state index contributed by atoms with van der Waals surface area (Å²) in [5.74, 6) is -1.38. The molecule has 1 aliphatic heterocycles. The standard InChI is InChI=1S/C12H18FNO4/c1-12(2,3)18-11(17)14-8-5-6(4-7(8)13)9(14)10(15)16/h6-9H,4-5H2,1-3H3,(H,15,16). The first-order chi connectivity index (χ1) is 8.20. The Labute approximate surface area is 105 Å². The zero-order valence-corrected chi connectivity index (χ0v) is 10.7. The Hall–Kier alpha value is -1.33. The van der Waals surface area contributed by atoms with Crippen LogP contribution in [0.15, 0.2) is 0 Å². The molecule has 4 atom stereocenters. The number of piperidine rings is 1. The summed E-state index contributed by atoms with van der Waals surface area (Å²) in [7, 11) is 0.